The van der Waals surface area contributed by atoms with Crippen LogP contribution >= 0.6 is 0 Å². The van der Waals surface area contributed by atoms with Gasteiger partial charge in [-0.25, -0.2) is 0 Å². The van der Waals surface area contributed by atoms with Crippen molar-refractivity contribution < 1.29 is 9.59 Å². The van der Waals surface area contributed by atoms with Crippen molar-refractivity contribution in [3.63, 3.8) is 0 Å². The molecular weight excluding hydrogens is 228 g/mol. The maximum absolute atomic E-state index is 12.0. The van der Waals surface area contributed by atoms with Gasteiger partial charge in [-0.2, -0.15) is 0 Å². The van der Waals surface area contributed by atoms with E-state index in [1.807, 2.05) is 32.0 Å². The van der Waals surface area contributed by atoms with Gasteiger partial charge in [0, 0.05) is 24.2 Å². The molecule has 1 aromatic rings. The fraction of sp³-hybridized carbons (Fsp3) is 0.214. The summed E-state index contributed by atoms with van der Waals surface area (Å²) in [5.74, 6) is -1.41. The number of rotatable bonds is 2. The second kappa shape index (κ2) is 4.96. The minimum atomic E-state index is -0.825. The molecule has 4 nitrogen and oxygen atoms in total. The molecule has 4 heteroatoms. The number of hydrogen-bond donors (Lipinski definition) is 1. The Morgan fingerprint density at radius 2 is 1.94 bits per heavy atom. The zero-order valence-electron chi connectivity index (χ0n) is 10.3. The summed E-state index contributed by atoms with van der Waals surface area (Å²) in [6.07, 6.45) is 4.07. The van der Waals surface area contributed by atoms with Crippen molar-refractivity contribution in [2.45, 2.75) is 13.8 Å². The number of aryl methyl sites for hydroxylation is 2. The normalized spacial score (nSPS) is 17.9. The molecule has 0 saturated heterocycles. The first kappa shape index (κ1) is 12.2. The van der Waals surface area contributed by atoms with Gasteiger partial charge in [0.15, 0.2) is 5.78 Å². The number of nitrogens with one attached hydrogen (secondary N) is 1. The second-order valence-electron chi connectivity index (χ2n) is 4.25. The molecule has 0 bridgehead atoms. The lowest BCUT2D eigenvalue weighted by Gasteiger charge is -2.15. The number of allylic oxidation sites excluding steroid dienone is 1. The standard InChI is InChI=1S/C14H14N2O2/c1-9-4-3-5-10(2)13(9)16-14(18)11-8-15-7-6-12(11)17/h3-8,11H,1-2H3,(H,16,18). The lowest BCUT2D eigenvalue weighted by atomic mass is 10.0. The highest BCUT2D eigenvalue weighted by atomic mass is 16.2. The third-order valence-corrected chi connectivity index (χ3v) is 2.88. The molecule has 0 spiro atoms. The molecule has 1 aliphatic rings. The number of amides is 1. The van der Waals surface area contributed by atoms with E-state index < -0.39 is 5.92 Å². The Morgan fingerprint density at radius 3 is 2.56 bits per heavy atom. The topological polar surface area (TPSA) is 58.5 Å². The number of hydrogen-bond acceptors (Lipinski definition) is 3. The summed E-state index contributed by atoms with van der Waals surface area (Å²) in [7, 11) is 0. The molecule has 1 aromatic carbocycles. The number of anilines is 1. The molecule has 0 aromatic heterocycles. The molecule has 1 heterocycles. The van der Waals surface area contributed by atoms with Gasteiger partial charge < -0.3 is 5.32 Å². The van der Waals surface area contributed by atoms with Crippen LogP contribution in [0.25, 0.3) is 0 Å². The van der Waals surface area contributed by atoms with Crippen molar-refractivity contribution in [3.05, 3.63) is 41.6 Å². The Labute approximate surface area is 105 Å². The van der Waals surface area contributed by atoms with E-state index in [4.69, 9.17) is 0 Å². The van der Waals surface area contributed by atoms with Crippen molar-refractivity contribution in [2.75, 3.05) is 5.32 Å². The Balaban J connectivity index is 2.19. The van der Waals surface area contributed by atoms with E-state index in [0.717, 1.165) is 16.8 Å². The van der Waals surface area contributed by atoms with Crippen LogP contribution in [0.3, 0.4) is 0 Å². The van der Waals surface area contributed by atoms with Crippen molar-refractivity contribution in [3.8, 4) is 0 Å². The van der Waals surface area contributed by atoms with Crippen LogP contribution in [-0.2, 0) is 9.59 Å². The van der Waals surface area contributed by atoms with Crippen molar-refractivity contribution >= 4 is 23.6 Å². The third kappa shape index (κ3) is 2.37. The summed E-state index contributed by atoms with van der Waals surface area (Å²) < 4.78 is 0. The van der Waals surface area contributed by atoms with Crippen LogP contribution in [0.5, 0.6) is 0 Å². The first-order valence-corrected chi connectivity index (χ1v) is 5.70. The first-order valence-electron chi connectivity index (χ1n) is 5.70. The Kier molecular flexibility index (Phi) is 3.37. The number of benzene rings is 1. The van der Waals surface area contributed by atoms with E-state index in [1.54, 1.807) is 0 Å². The monoisotopic (exact) mass is 242 g/mol. The minimum absolute atomic E-state index is 0.242. The van der Waals surface area contributed by atoms with E-state index >= 15 is 0 Å². The highest BCUT2D eigenvalue weighted by Gasteiger charge is 2.25. The van der Waals surface area contributed by atoms with Crippen molar-refractivity contribution in [1.29, 1.82) is 0 Å². The average molecular weight is 242 g/mol. The van der Waals surface area contributed by atoms with Gasteiger partial charge in [0.1, 0.15) is 5.92 Å². The largest absolute Gasteiger partial charge is 0.325 e. The van der Waals surface area contributed by atoms with E-state index in [1.165, 1.54) is 18.5 Å². The van der Waals surface area contributed by atoms with Gasteiger partial charge in [0.2, 0.25) is 5.91 Å². The molecule has 2 rings (SSSR count). The molecule has 92 valence electrons. The Morgan fingerprint density at radius 1 is 1.28 bits per heavy atom. The SMILES string of the molecule is Cc1cccc(C)c1NC(=O)C1C=NC=CC1=O. The average Bonchev–Trinajstić information content (AvgIpc) is 2.34. The quantitative estimate of drug-likeness (QED) is 0.807. The van der Waals surface area contributed by atoms with Gasteiger partial charge in [-0.15, -0.1) is 0 Å². The lowest BCUT2D eigenvalue weighted by Crippen LogP contribution is -2.31. The van der Waals surface area contributed by atoms with Crippen LogP contribution in [0.2, 0.25) is 0 Å². The number of ketones is 1. The predicted molar refractivity (Wildman–Crippen MR) is 70.7 cm³/mol. The van der Waals surface area contributed by atoms with Crippen molar-refractivity contribution in [2.24, 2.45) is 10.9 Å². The molecule has 1 atom stereocenters. The molecular formula is C14H14N2O2. The van der Waals surface area contributed by atoms with Crippen LogP contribution < -0.4 is 5.32 Å². The summed E-state index contributed by atoms with van der Waals surface area (Å²) >= 11 is 0. The maximum Gasteiger partial charge on any atom is 0.240 e. The summed E-state index contributed by atoms with van der Waals surface area (Å²) in [5.41, 5.74) is 2.71. The van der Waals surface area contributed by atoms with Gasteiger partial charge in [0.05, 0.1) is 0 Å². The van der Waals surface area contributed by atoms with E-state index in [9.17, 15) is 9.59 Å². The molecule has 1 unspecified atom stereocenters. The number of carbonyl (C=O) groups is 2. The van der Waals surface area contributed by atoms with E-state index in [0.29, 0.717) is 0 Å². The number of para-hydroxylation sites is 1. The van der Waals surface area contributed by atoms with Crippen LogP contribution in [0.4, 0.5) is 5.69 Å². The van der Waals surface area contributed by atoms with Crippen LogP contribution in [-0.4, -0.2) is 17.9 Å². The van der Waals surface area contributed by atoms with Crippen molar-refractivity contribution in [1.82, 2.24) is 0 Å². The maximum atomic E-state index is 12.0. The lowest BCUT2D eigenvalue weighted by molar-refractivity contribution is -0.125. The van der Waals surface area contributed by atoms with E-state index in [-0.39, 0.29) is 11.7 Å². The number of nitrogens with zero attached hydrogens (tertiary/aromatic N) is 1. The molecule has 0 saturated carbocycles. The Bertz CT molecular complexity index is 539. The zero-order chi connectivity index (χ0) is 13.1. The Hall–Kier alpha value is -2.23. The van der Waals surface area contributed by atoms with Crippen LogP contribution in [0, 0.1) is 19.8 Å². The second-order valence-corrected chi connectivity index (χ2v) is 4.25. The fourth-order valence-electron chi connectivity index (χ4n) is 1.84. The molecule has 1 aliphatic heterocycles. The zero-order valence-corrected chi connectivity index (χ0v) is 10.3. The smallest absolute Gasteiger partial charge is 0.240 e. The molecule has 1 N–H and O–H groups in total. The molecule has 1 amide bonds. The molecule has 0 fully saturated rings. The van der Waals surface area contributed by atoms with Crippen LogP contribution in [0.15, 0.2) is 35.5 Å². The van der Waals surface area contributed by atoms with E-state index in [2.05, 4.69) is 10.3 Å². The van der Waals surface area contributed by atoms with Gasteiger partial charge in [-0.1, -0.05) is 18.2 Å². The summed E-state index contributed by atoms with van der Waals surface area (Å²) in [6, 6.07) is 5.76. The first-order chi connectivity index (χ1) is 8.59. The van der Waals surface area contributed by atoms with Gasteiger partial charge in [-0.05, 0) is 25.0 Å². The number of aliphatic imine (C=N–C) groups is 1. The number of carbonyl (C=O) groups excluding carboxylic acids is 2. The highest BCUT2D eigenvalue weighted by Crippen LogP contribution is 2.20. The molecule has 18 heavy (non-hydrogen) atoms. The van der Waals surface area contributed by atoms with Gasteiger partial charge in [0.25, 0.3) is 0 Å². The summed E-state index contributed by atoms with van der Waals surface area (Å²) in [4.78, 5) is 27.4. The fourth-order valence-corrected chi connectivity index (χ4v) is 1.84. The predicted octanol–water partition coefficient (Wildman–Crippen LogP) is 2.03. The molecule has 0 radical (unpaired) electrons. The summed E-state index contributed by atoms with van der Waals surface area (Å²) in [5, 5.41) is 2.79. The summed E-state index contributed by atoms with van der Waals surface area (Å²) in [6.45, 7) is 3.83. The van der Waals surface area contributed by atoms with Crippen LogP contribution in [0.1, 0.15) is 11.1 Å². The third-order valence-electron chi connectivity index (χ3n) is 2.88. The highest BCUT2D eigenvalue weighted by molar-refractivity contribution is 6.21. The van der Waals surface area contributed by atoms with Gasteiger partial charge >= 0.3 is 0 Å². The van der Waals surface area contributed by atoms with Gasteiger partial charge in [-0.3, -0.25) is 14.6 Å². The molecule has 0 aliphatic carbocycles. The minimum Gasteiger partial charge on any atom is -0.325 e.